The van der Waals surface area contributed by atoms with E-state index in [0.717, 1.165) is 13.1 Å². The molecule has 0 bridgehead atoms. The minimum atomic E-state index is -0.429. The lowest BCUT2D eigenvalue weighted by Gasteiger charge is -2.25. The Morgan fingerprint density at radius 3 is 2.81 bits per heavy atom. The van der Waals surface area contributed by atoms with Crippen LogP contribution in [0.4, 0.5) is 5.69 Å². The molecule has 1 fully saturated rings. The van der Waals surface area contributed by atoms with E-state index in [4.69, 9.17) is 0 Å². The zero-order valence-corrected chi connectivity index (χ0v) is 11.6. The summed E-state index contributed by atoms with van der Waals surface area (Å²) in [4.78, 5) is 14.2. The highest BCUT2D eigenvalue weighted by Gasteiger charge is 2.14. The SMILES string of the molecule is O=[N+]([O-])c1cccc(-c2nnn(CN3CCCCC3)n2)c1. The van der Waals surface area contributed by atoms with Crippen molar-refractivity contribution in [1.29, 1.82) is 0 Å². The Bertz CT molecular complexity index is 635. The fourth-order valence-electron chi connectivity index (χ4n) is 2.46. The van der Waals surface area contributed by atoms with Crippen molar-refractivity contribution >= 4 is 5.69 Å². The Kier molecular flexibility index (Phi) is 3.87. The molecule has 0 N–H and O–H groups in total. The van der Waals surface area contributed by atoms with Crippen LogP contribution in [0, 0.1) is 10.1 Å². The molecule has 0 aliphatic carbocycles. The molecule has 2 aromatic rings. The summed E-state index contributed by atoms with van der Waals surface area (Å²) in [5, 5.41) is 23.1. The first-order chi connectivity index (χ1) is 10.2. The highest BCUT2D eigenvalue weighted by Crippen LogP contribution is 2.20. The minimum absolute atomic E-state index is 0.0277. The Hall–Kier alpha value is -2.35. The topological polar surface area (TPSA) is 90.0 Å². The predicted molar refractivity (Wildman–Crippen MR) is 75.3 cm³/mol. The Morgan fingerprint density at radius 2 is 2.05 bits per heavy atom. The summed E-state index contributed by atoms with van der Waals surface area (Å²) in [6.45, 7) is 2.71. The van der Waals surface area contributed by atoms with Crippen LogP contribution in [0.5, 0.6) is 0 Å². The quantitative estimate of drug-likeness (QED) is 0.628. The molecule has 0 saturated carbocycles. The van der Waals surface area contributed by atoms with E-state index in [2.05, 4.69) is 20.3 Å². The third-order valence-electron chi connectivity index (χ3n) is 3.54. The molecular formula is C13H16N6O2. The van der Waals surface area contributed by atoms with E-state index in [9.17, 15) is 10.1 Å². The normalized spacial score (nSPS) is 16.0. The van der Waals surface area contributed by atoms with Crippen LogP contribution in [0.15, 0.2) is 24.3 Å². The van der Waals surface area contributed by atoms with Crippen molar-refractivity contribution in [3.8, 4) is 11.4 Å². The number of rotatable bonds is 4. The second-order valence-corrected chi connectivity index (χ2v) is 5.11. The van der Waals surface area contributed by atoms with Crippen molar-refractivity contribution in [2.24, 2.45) is 0 Å². The smallest absolute Gasteiger partial charge is 0.270 e. The van der Waals surface area contributed by atoms with Crippen molar-refractivity contribution in [2.75, 3.05) is 13.1 Å². The van der Waals surface area contributed by atoms with E-state index in [1.807, 2.05) is 0 Å². The average Bonchev–Trinajstić information content (AvgIpc) is 2.97. The molecule has 110 valence electrons. The molecular weight excluding hydrogens is 272 g/mol. The lowest BCUT2D eigenvalue weighted by molar-refractivity contribution is -0.384. The maximum atomic E-state index is 10.8. The first-order valence-electron chi connectivity index (χ1n) is 6.97. The van der Waals surface area contributed by atoms with Gasteiger partial charge in [0.25, 0.3) is 5.69 Å². The number of piperidine rings is 1. The molecule has 21 heavy (non-hydrogen) atoms. The van der Waals surface area contributed by atoms with E-state index < -0.39 is 4.92 Å². The summed E-state index contributed by atoms with van der Waals surface area (Å²) in [6, 6.07) is 6.28. The van der Waals surface area contributed by atoms with Crippen LogP contribution in [0.1, 0.15) is 19.3 Å². The maximum Gasteiger partial charge on any atom is 0.270 e. The molecule has 1 aromatic carbocycles. The van der Waals surface area contributed by atoms with E-state index in [-0.39, 0.29) is 5.69 Å². The molecule has 1 aromatic heterocycles. The fourth-order valence-corrected chi connectivity index (χ4v) is 2.46. The van der Waals surface area contributed by atoms with E-state index in [0.29, 0.717) is 18.1 Å². The Labute approximate surface area is 121 Å². The number of nitro benzene ring substituents is 1. The summed E-state index contributed by atoms with van der Waals surface area (Å²) in [5.74, 6) is 0.413. The van der Waals surface area contributed by atoms with Gasteiger partial charge < -0.3 is 0 Å². The van der Waals surface area contributed by atoms with Gasteiger partial charge >= 0.3 is 0 Å². The van der Waals surface area contributed by atoms with Crippen LogP contribution in [0.3, 0.4) is 0 Å². The lowest BCUT2D eigenvalue weighted by Crippen LogP contribution is -2.32. The van der Waals surface area contributed by atoms with E-state index in [1.54, 1.807) is 16.9 Å². The van der Waals surface area contributed by atoms with Crippen LogP contribution in [0.2, 0.25) is 0 Å². The Morgan fingerprint density at radius 1 is 1.24 bits per heavy atom. The zero-order valence-electron chi connectivity index (χ0n) is 11.6. The standard InChI is InChI=1S/C13H16N6O2/c20-19(21)12-6-4-5-11(9-12)13-14-16-18(15-13)10-17-7-2-1-3-8-17/h4-6,9H,1-3,7-8,10H2. The van der Waals surface area contributed by atoms with Crippen LogP contribution in [-0.4, -0.2) is 43.1 Å². The molecule has 1 aliphatic rings. The third-order valence-corrected chi connectivity index (χ3v) is 3.54. The van der Waals surface area contributed by atoms with Gasteiger partial charge in [-0.2, -0.15) is 0 Å². The second-order valence-electron chi connectivity index (χ2n) is 5.11. The van der Waals surface area contributed by atoms with Gasteiger partial charge in [-0.3, -0.25) is 15.0 Å². The minimum Gasteiger partial charge on any atom is -0.283 e. The van der Waals surface area contributed by atoms with Gasteiger partial charge in [-0.25, -0.2) is 0 Å². The predicted octanol–water partition coefficient (Wildman–Crippen LogP) is 1.69. The summed E-state index contributed by atoms with van der Waals surface area (Å²) in [6.07, 6.45) is 3.68. The van der Waals surface area contributed by atoms with Gasteiger partial charge in [0.05, 0.1) is 4.92 Å². The molecule has 8 heteroatoms. The number of aromatic nitrogens is 4. The van der Waals surface area contributed by atoms with Crippen LogP contribution in [0.25, 0.3) is 11.4 Å². The van der Waals surface area contributed by atoms with E-state index >= 15 is 0 Å². The molecule has 2 heterocycles. The molecule has 8 nitrogen and oxygen atoms in total. The largest absolute Gasteiger partial charge is 0.283 e. The number of nitro groups is 1. The summed E-state index contributed by atoms with van der Waals surface area (Å²) in [5.41, 5.74) is 0.633. The van der Waals surface area contributed by atoms with Gasteiger partial charge in [0, 0.05) is 17.7 Å². The first-order valence-corrected chi connectivity index (χ1v) is 6.97. The molecule has 1 saturated heterocycles. The average molecular weight is 288 g/mol. The van der Waals surface area contributed by atoms with Gasteiger partial charge in [0.2, 0.25) is 5.82 Å². The summed E-state index contributed by atoms with van der Waals surface area (Å²) >= 11 is 0. The Balaban J connectivity index is 1.75. The molecule has 3 rings (SSSR count). The first kappa shape index (κ1) is 13.6. The molecule has 0 unspecified atom stereocenters. The van der Waals surface area contributed by atoms with Gasteiger partial charge in [-0.1, -0.05) is 18.6 Å². The van der Waals surface area contributed by atoms with Crippen molar-refractivity contribution in [1.82, 2.24) is 25.1 Å². The van der Waals surface area contributed by atoms with E-state index in [1.165, 1.54) is 31.4 Å². The number of nitrogens with zero attached hydrogens (tertiary/aromatic N) is 6. The molecule has 0 spiro atoms. The van der Waals surface area contributed by atoms with Crippen molar-refractivity contribution in [3.63, 3.8) is 0 Å². The van der Waals surface area contributed by atoms with Gasteiger partial charge in [0.15, 0.2) is 0 Å². The summed E-state index contributed by atoms with van der Waals surface area (Å²) < 4.78 is 0. The number of hydrogen-bond donors (Lipinski definition) is 0. The maximum absolute atomic E-state index is 10.8. The number of likely N-dealkylation sites (tertiary alicyclic amines) is 1. The van der Waals surface area contributed by atoms with Gasteiger partial charge in [0.1, 0.15) is 6.67 Å². The molecule has 1 aliphatic heterocycles. The van der Waals surface area contributed by atoms with Crippen molar-refractivity contribution in [3.05, 3.63) is 34.4 Å². The van der Waals surface area contributed by atoms with Gasteiger partial charge in [-0.05, 0) is 31.1 Å². The number of tetrazole rings is 1. The molecule has 0 radical (unpaired) electrons. The van der Waals surface area contributed by atoms with Crippen LogP contribution >= 0.6 is 0 Å². The fraction of sp³-hybridized carbons (Fsp3) is 0.462. The van der Waals surface area contributed by atoms with Gasteiger partial charge in [-0.15, -0.1) is 15.0 Å². The molecule has 0 amide bonds. The lowest BCUT2D eigenvalue weighted by atomic mass is 10.1. The van der Waals surface area contributed by atoms with Crippen LogP contribution < -0.4 is 0 Å². The number of benzene rings is 1. The number of non-ortho nitro benzene ring substituents is 1. The monoisotopic (exact) mass is 288 g/mol. The summed E-state index contributed by atoms with van der Waals surface area (Å²) in [7, 11) is 0. The third kappa shape index (κ3) is 3.22. The van der Waals surface area contributed by atoms with Crippen molar-refractivity contribution in [2.45, 2.75) is 25.9 Å². The second kappa shape index (κ2) is 5.96. The van der Waals surface area contributed by atoms with Crippen molar-refractivity contribution < 1.29 is 4.92 Å². The highest BCUT2D eigenvalue weighted by molar-refractivity contribution is 5.58. The van der Waals surface area contributed by atoms with Crippen LogP contribution in [-0.2, 0) is 6.67 Å². The molecule has 0 atom stereocenters. The zero-order chi connectivity index (χ0) is 14.7. The highest BCUT2D eigenvalue weighted by atomic mass is 16.6. The number of hydrogen-bond acceptors (Lipinski definition) is 6.